The highest BCUT2D eigenvalue weighted by Gasteiger charge is 2.48. The Morgan fingerprint density at radius 1 is 1.43 bits per heavy atom. The van der Waals surface area contributed by atoms with Crippen LogP contribution in [-0.2, 0) is 4.74 Å². The number of allylic oxidation sites excluding steroid dienone is 1. The van der Waals surface area contributed by atoms with Crippen LogP contribution in [0.4, 0.5) is 0 Å². The van der Waals surface area contributed by atoms with Gasteiger partial charge in [-0.05, 0) is 25.7 Å². The van der Waals surface area contributed by atoms with Crippen molar-refractivity contribution in [3.8, 4) is 0 Å². The molecule has 0 aromatic heterocycles. The Hall–Kier alpha value is -0.900. The van der Waals surface area contributed by atoms with Gasteiger partial charge in [0.1, 0.15) is 0 Å². The maximum atomic E-state index is 5.44. The summed E-state index contributed by atoms with van der Waals surface area (Å²) in [7, 11) is 1.73. The first-order valence-electron chi connectivity index (χ1n) is 5.18. The van der Waals surface area contributed by atoms with E-state index in [9.17, 15) is 0 Å². The third-order valence-corrected chi connectivity index (χ3v) is 3.02. The first-order valence-corrected chi connectivity index (χ1v) is 5.18. The number of ether oxygens (including phenoxy) is 1. The van der Waals surface area contributed by atoms with Gasteiger partial charge in [0.25, 0.3) is 0 Å². The lowest BCUT2D eigenvalue weighted by Gasteiger charge is -2.26. The molecule has 0 bridgehead atoms. The van der Waals surface area contributed by atoms with Gasteiger partial charge in [-0.25, -0.2) is 0 Å². The van der Waals surface area contributed by atoms with Crippen molar-refractivity contribution >= 4 is 0 Å². The van der Waals surface area contributed by atoms with Gasteiger partial charge in [-0.1, -0.05) is 13.8 Å². The molecule has 1 saturated carbocycles. The molecular formula is C10H19N3O. The molecular weight excluding hydrogens is 178 g/mol. The van der Waals surface area contributed by atoms with Crippen LogP contribution < -0.4 is 11.0 Å². The fourth-order valence-corrected chi connectivity index (χ4v) is 1.72. The molecule has 0 radical (unpaired) electrons. The summed E-state index contributed by atoms with van der Waals surface area (Å²) in [5.74, 6) is 1.39. The zero-order valence-electron chi connectivity index (χ0n) is 9.35. The van der Waals surface area contributed by atoms with Gasteiger partial charge in [0.15, 0.2) is 0 Å². The molecule has 0 amide bonds. The summed E-state index contributed by atoms with van der Waals surface area (Å²) in [4.78, 5) is 0. The average Bonchev–Trinajstić information content (AvgIpc) is 2.74. The topological polar surface area (TPSA) is 36.5 Å². The van der Waals surface area contributed by atoms with E-state index in [1.807, 2.05) is 0 Å². The minimum Gasteiger partial charge on any atom is -0.480 e. The molecule has 4 heteroatoms. The molecule has 0 aromatic carbocycles. The van der Waals surface area contributed by atoms with Crippen LogP contribution in [0.2, 0.25) is 0 Å². The third kappa shape index (κ3) is 1.34. The van der Waals surface area contributed by atoms with E-state index in [4.69, 9.17) is 4.74 Å². The summed E-state index contributed by atoms with van der Waals surface area (Å²) in [5, 5.41) is 2.11. The van der Waals surface area contributed by atoms with Gasteiger partial charge in [-0.3, -0.25) is 5.01 Å². The molecule has 80 valence electrons. The van der Waals surface area contributed by atoms with E-state index in [0.717, 1.165) is 11.6 Å². The SMILES string of the molecule is COC1=C(C(C)C)NNN1C1(C)CC1. The summed E-state index contributed by atoms with van der Waals surface area (Å²) < 4.78 is 5.44. The maximum absolute atomic E-state index is 5.44. The van der Waals surface area contributed by atoms with Gasteiger partial charge < -0.3 is 10.2 Å². The molecule has 0 saturated heterocycles. The van der Waals surface area contributed by atoms with E-state index >= 15 is 0 Å². The fraction of sp³-hybridized carbons (Fsp3) is 0.800. The Bertz CT molecular complexity index is 269. The van der Waals surface area contributed by atoms with Crippen LogP contribution in [0.3, 0.4) is 0 Å². The highest BCUT2D eigenvalue weighted by molar-refractivity contribution is 5.17. The summed E-state index contributed by atoms with van der Waals surface area (Å²) >= 11 is 0. The molecule has 4 nitrogen and oxygen atoms in total. The van der Waals surface area contributed by atoms with Crippen LogP contribution in [-0.4, -0.2) is 17.7 Å². The van der Waals surface area contributed by atoms with Crippen molar-refractivity contribution in [2.75, 3.05) is 7.11 Å². The van der Waals surface area contributed by atoms with Crippen LogP contribution in [0.5, 0.6) is 0 Å². The number of hydrogen-bond donors (Lipinski definition) is 2. The van der Waals surface area contributed by atoms with Gasteiger partial charge in [-0.15, -0.1) is 5.53 Å². The standard InChI is InChI=1S/C10H19N3O/c1-7(2)8-9(14-4)13(12-11-8)10(3)5-6-10/h7,11-12H,5-6H2,1-4H3. The van der Waals surface area contributed by atoms with E-state index < -0.39 is 0 Å². The van der Waals surface area contributed by atoms with Crippen molar-refractivity contribution in [1.29, 1.82) is 0 Å². The molecule has 1 aliphatic heterocycles. The second kappa shape index (κ2) is 3.05. The molecule has 2 N–H and O–H groups in total. The molecule has 2 aliphatic rings. The second-order valence-corrected chi connectivity index (χ2v) is 4.65. The quantitative estimate of drug-likeness (QED) is 0.716. The molecule has 1 aliphatic carbocycles. The minimum atomic E-state index is 0.245. The molecule has 0 unspecified atom stereocenters. The van der Waals surface area contributed by atoms with Crippen molar-refractivity contribution in [2.24, 2.45) is 5.92 Å². The molecule has 14 heavy (non-hydrogen) atoms. The van der Waals surface area contributed by atoms with Gasteiger partial charge in [0, 0.05) is 0 Å². The van der Waals surface area contributed by atoms with Crippen LogP contribution >= 0.6 is 0 Å². The number of rotatable bonds is 3. The van der Waals surface area contributed by atoms with E-state index in [0.29, 0.717) is 5.92 Å². The Morgan fingerprint density at radius 2 is 2.07 bits per heavy atom. The lowest BCUT2D eigenvalue weighted by Crippen LogP contribution is -2.45. The number of methoxy groups -OCH3 is 1. The number of nitrogens with one attached hydrogen (secondary N) is 2. The molecule has 1 fully saturated rings. The average molecular weight is 197 g/mol. The largest absolute Gasteiger partial charge is 0.480 e. The molecule has 1 heterocycles. The van der Waals surface area contributed by atoms with Crippen molar-refractivity contribution in [3.63, 3.8) is 0 Å². The van der Waals surface area contributed by atoms with Gasteiger partial charge >= 0.3 is 0 Å². The Morgan fingerprint density at radius 3 is 2.50 bits per heavy atom. The lowest BCUT2D eigenvalue weighted by atomic mass is 10.1. The fourth-order valence-electron chi connectivity index (χ4n) is 1.72. The van der Waals surface area contributed by atoms with Gasteiger partial charge in [0.05, 0.1) is 18.3 Å². The third-order valence-electron chi connectivity index (χ3n) is 3.02. The van der Waals surface area contributed by atoms with Crippen molar-refractivity contribution in [3.05, 3.63) is 11.6 Å². The first kappa shape index (κ1) is 9.65. The van der Waals surface area contributed by atoms with E-state index in [-0.39, 0.29) is 5.54 Å². The monoisotopic (exact) mass is 197 g/mol. The Labute approximate surface area is 85.2 Å². The lowest BCUT2D eigenvalue weighted by molar-refractivity contribution is 0.0780. The first-order chi connectivity index (χ1) is 6.58. The van der Waals surface area contributed by atoms with E-state index in [1.165, 1.54) is 12.8 Å². The molecule has 0 spiro atoms. The maximum Gasteiger partial charge on any atom is 0.227 e. The predicted molar refractivity (Wildman–Crippen MR) is 54.6 cm³/mol. The zero-order valence-corrected chi connectivity index (χ0v) is 9.35. The molecule has 0 atom stereocenters. The highest BCUT2D eigenvalue weighted by atomic mass is 16.5. The predicted octanol–water partition coefficient (Wildman–Crippen LogP) is 1.34. The Kier molecular flexibility index (Phi) is 2.10. The van der Waals surface area contributed by atoms with E-state index in [1.54, 1.807) is 7.11 Å². The van der Waals surface area contributed by atoms with Crippen molar-refractivity contribution in [1.82, 2.24) is 16.0 Å². The molecule has 0 aromatic rings. The van der Waals surface area contributed by atoms with Crippen LogP contribution in [0.1, 0.15) is 33.6 Å². The summed E-state index contributed by atoms with van der Waals surface area (Å²) in [5.41, 5.74) is 7.74. The number of hydrazine groups is 2. The van der Waals surface area contributed by atoms with Crippen LogP contribution in [0, 0.1) is 5.92 Å². The Balaban J connectivity index is 2.22. The van der Waals surface area contributed by atoms with Crippen LogP contribution in [0.15, 0.2) is 11.6 Å². The van der Waals surface area contributed by atoms with Crippen molar-refractivity contribution in [2.45, 2.75) is 39.2 Å². The summed E-state index contributed by atoms with van der Waals surface area (Å²) in [6, 6.07) is 0. The van der Waals surface area contributed by atoms with Crippen molar-refractivity contribution < 1.29 is 4.74 Å². The van der Waals surface area contributed by atoms with Crippen LogP contribution in [0.25, 0.3) is 0 Å². The summed E-state index contributed by atoms with van der Waals surface area (Å²) in [6.45, 7) is 6.55. The van der Waals surface area contributed by atoms with Gasteiger partial charge in [-0.2, -0.15) is 0 Å². The second-order valence-electron chi connectivity index (χ2n) is 4.65. The number of nitrogens with zero attached hydrogens (tertiary/aromatic N) is 1. The minimum absolute atomic E-state index is 0.245. The van der Waals surface area contributed by atoms with Gasteiger partial charge in [0.2, 0.25) is 5.88 Å². The highest BCUT2D eigenvalue weighted by Crippen LogP contribution is 2.43. The molecule has 2 rings (SSSR count). The number of hydrogen-bond acceptors (Lipinski definition) is 4. The van der Waals surface area contributed by atoms with E-state index in [2.05, 4.69) is 36.7 Å². The normalized spacial score (nSPS) is 24.2. The zero-order chi connectivity index (χ0) is 10.3. The summed E-state index contributed by atoms with van der Waals surface area (Å²) in [6.07, 6.45) is 2.44. The smallest absolute Gasteiger partial charge is 0.227 e.